The molecule has 0 atom stereocenters. The molecule has 130 valence electrons. The number of hydrogen-bond acceptors (Lipinski definition) is 6. The van der Waals surface area contributed by atoms with Crippen molar-refractivity contribution in [3.63, 3.8) is 0 Å². The Kier molecular flexibility index (Phi) is 5.50. The minimum atomic E-state index is -0.385. The summed E-state index contributed by atoms with van der Waals surface area (Å²) in [6.45, 7) is 0.666. The average Bonchev–Trinajstić information content (AvgIpc) is 3.01. The number of rotatable bonds is 6. The molecule has 0 fully saturated rings. The van der Waals surface area contributed by atoms with Crippen molar-refractivity contribution in [3.8, 4) is 0 Å². The van der Waals surface area contributed by atoms with E-state index in [1.54, 1.807) is 6.20 Å². The minimum Gasteiger partial charge on any atom is -0.468 e. The summed E-state index contributed by atoms with van der Waals surface area (Å²) >= 11 is 9.56. The first-order valence-electron chi connectivity index (χ1n) is 7.49. The lowest BCUT2D eigenvalue weighted by Gasteiger charge is -2.08. The van der Waals surface area contributed by atoms with Crippen molar-refractivity contribution in [2.24, 2.45) is 0 Å². The second-order valence-corrected chi connectivity index (χ2v) is 6.54. The summed E-state index contributed by atoms with van der Waals surface area (Å²) in [6.07, 6.45) is 3.84. The van der Waals surface area contributed by atoms with Crippen molar-refractivity contribution < 1.29 is 9.53 Å². The highest BCUT2D eigenvalue weighted by molar-refractivity contribution is 9.10. The number of methoxy groups -OCH3 is 1. The van der Waals surface area contributed by atoms with Gasteiger partial charge in [0.15, 0.2) is 5.65 Å². The largest absolute Gasteiger partial charge is 0.468 e. The van der Waals surface area contributed by atoms with Gasteiger partial charge in [0.2, 0.25) is 0 Å². The summed E-state index contributed by atoms with van der Waals surface area (Å²) < 4.78 is 7.16. The van der Waals surface area contributed by atoms with Crippen LogP contribution in [0.15, 0.2) is 35.2 Å². The lowest BCUT2D eigenvalue weighted by molar-refractivity contribution is -0.141. The highest BCUT2D eigenvalue weighted by Gasteiger charge is 2.12. The number of carbonyl (C=O) groups is 1. The van der Waals surface area contributed by atoms with Gasteiger partial charge in [-0.15, -0.1) is 0 Å². The maximum atomic E-state index is 11.4. The predicted molar refractivity (Wildman–Crippen MR) is 98.7 cm³/mol. The van der Waals surface area contributed by atoms with Crippen LogP contribution in [0, 0.1) is 0 Å². The second-order valence-electron chi connectivity index (χ2n) is 5.25. The number of fused-ring (bicyclic) bond motifs is 1. The third-order valence-electron chi connectivity index (χ3n) is 3.63. The normalized spacial score (nSPS) is 10.8. The van der Waals surface area contributed by atoms with Gasteiger partial charge in [-0.25, -0.2) is 14.6 Å². The lowest BCUT2D eigenvalue weighted by Crippen LogP contribution is -2.13. The van der Waals surface area contributed by atoms with Gasteiger partial charge in [0.05, 0.1) is 18.7 Å². The number of halogens is 2. The molecule has 0 unspecified atom stereocenters. The molecule has 0 amide bonds. The highest BCUT2D eigenvalue weighted by atomic mass is 79.9. The Bertz CT molecular complexity index is 915. The van der Waals surface area contributed by atoms with Crippen LogP contribution in [-0.4, -0.2) is 39.4 Å². The number of nitrogens with one attached hydrogen (secondary N) is 1. The van der Waals surface area contributed by atoms with Crippen molar-refractivity contribution in [2.45, 2.75) is 13.0 Å². The Morgan fingerprint density at radius 1 is 1.40 bits per heavy atom. The van der Waals surface area contributed by atoms with Crippen LogP contribution in [0.3, 0.4) is 0 Å². The van der Waals surface area contributed by atoms with Gasteiger partial charge in [-0.05, 0) is 30.2 Å². The first-order valence-corrected chi connectivity index (χ1v) is 8.66. The first-order chi connectivity index (χ1) is 12.1. The quantitative estimate of drug-likeness (QED) is 0.613. The van der Waals surface area contributed by atoms with Crippen LogP contribution in [0.25, 0.3) is 11.0 Å². The molecule has 0 radical (unpaired) electrons. The van der Waals surface area contributed by atoms with Gasteiger partial charge in [-0.2, -0.15) is 5.10 Å². The number of ether oxygens (including phenoxy) is 1. The van der Waals surface area contributed by atoms with E-state index in [1.807, 2.05) is 18.2 Å². The van der Waals surface area contributed by atoms with Crippen LogP contribution >= 0.6 is 27.5 Å². The van der Waals surface area contributed by atoms with E-state index in [9.17, 15) is 4.79 Å². The molecule has 0 aliphatic heterocycles. The number of carbonyl (C=O) groups excluding carboxylic acids is 1. The summed E-state index contributed by atoms with van der Waals surface area (Å²) in [6, 6.07) is 5.70. The van der Waals surface area contributed by atoms with E-state index in [0.717, 1.165) is 21.8 Å². The van der Waals surface area contributed by atoms with Crippen molar-refractivity contribution in [1.29, 1.82) is 0 Å². The van der Waals surface area contributed by atoms with E-state index in [2.05, 4.69) is 41.1 Å². The number of aromatic nitrogens is 4. The van der Waals surface area contributed by atoms with Gasteiger partial charge >= 0.3 is 5.97 Å². The zero-order valence-electron chi connectivity index (χ0n) is 13.4. The Hall–Kier alpha value is -2.19. The summed E-state index contributed by atoms with van der Waals surface area (Å²) in [5.74, 6) is 0.281. The molecule has 3 aromatic rings. The number of benzene rings is 1. The first kappa shape index (κ1) is 17.6. The van der Waals surface area contributed by atoms with Gasteiger partial charge in [-0.1, -0.05) is 27.5 Å². The second kappa shape index (κ2) is 7.79. The van der Waals surface area contributed by atoms with E-state index >= 15 is 0 Å². The number of esters is 1. The maximum absolute atomic E-state index is 11.4. The van der Waals surface area contributed by atoms with Crippen LogP contribution in [0.1, 0.15) is 5.56 Å². The summed E-state index contributed by atoms with van der Waals surface area (Å²) in [5.41, 5.74) is 1.68. The number of nitrogens with zero attached hydrogens (tertiary/aromatic N) is 4. The van der Waals surface area contributed by atoms with E-state index < -0.39 is 0 Å². The summed E-state index contributed by atoms with van der Waals surface area (Å²) in [5, 5.41) is 8.91. The zero-order chi connectivity index (χ0) is 17.8. The van der Waals surface area contributed by atoms with Crippen LogP contribution in [0.4, 0.5) is 5.82 Å². The van der Waals surface area contributed by atoms with Gasteiger partial charge in [-0.3, -0.25) is 4.79 Å². The molecule has 9 heteroatoms. The molecular weight excluding hydrogens is 410 g/mol. The van der Waals surface area contributed by atoms with E-state index in [4.69, 9.17) is 11.6 Å². The molecule has 2 heterocycles. The van der Waals surface area contributed by atoms with Crippen molar-refractivity contribution in [3.05, 3.63) is 45.8 Å². The van der Waals surface area contributed by atoms with Gasteiger partial charge in [0.1, 0.15) is 18.7 Å². The third-order valence-corrected chi connectivity index (χ3v) is 4.64. The van der Waals surface area contributed by atoms with Crippen molar-refractivity contribution in [1.82, 2.24) is 19.7 Å². The molecular formula is C16H15BrClN5O2. The van der Waals surface area contributed by atoms with E-state index in [-0.39, 0.29) is 12.5 Å². The fourth-order valence-corrected chi connectivity index (χ4v) is 3.03. The van der Waals surface area contributed by atoms with Gasteiger partial charge < -0.3 is 10.1 Å². The number of anilines is 1. The van der Waals surface area contributed by atoms with E-state index in [0.29, 0.717) is 23.0 Å². The fraction of sp³-hybridized carbons (Fsp3) is 0.250. The molecule has 0 spiro atoms. The molecule has 0 aliphatic rings. The Balaban J connectivity index is 1.73. The molecule has 0 aliphatic carbocycles. The molecule has 1 aromatic carbocycles. The minimum absolute atomic E-state index is 0.00587. The van der Waals surface area contributed by atoms with Crippen molar-refractivity contribution in [2.75, 3.05) is 19.0 Å². The summed E-state index contributed by atoms with van der Waals surface area (Å²) in [4.78, 5) is 19.9. The van der Waals surface area contributed by atoms with Gasteiger partial charge in [0.25, 0.3) is 0 Å². The molecule has 7 nitrogen and oxygen atoms in total. The average molecular weight is 425 g/mol. The lowest BCUT2D eigenvalue weighted by atomic mass is 10.1. The molecule has 25 heavy (non-hydrogen) atoms. The Morgan fingerprint density at radius 3 is 3.04 bits per heavy atom. The molecule has 0 saturated heterocycles. The molecule has 3 rings (SSSR count). The smallest absolute Gasteiger partial charge is 0.327 e. The Labute approximate surface area is 157 Å². The maximum Gasteiger partial charge on any atom is 0.327 e. The molecule has 0 saturated carbocycles. The third kappa shape index (κ3) is 4.08. The van der Waals surface area contributed by atoms with Gasteiger partial charge in [0, 0.05) is 16.0 Å². The fourth-order valence-electron chi connectivity index (χ4n) is 2.39. The SMILES string of the molecule is COC(=O)Cn1ncc2c(NCCc3cc(Cl)ccc3Br)ncnc21. The van der Waals surface area contributed by atoms with Crippen LogP contribution in [-0.2, 0) is 22.5 Å². The van der Waals surface area contributed by atoms with Crippen molar-refractivity contribution >= 4 is 50.4 Å². The van der Waals surface area contributed by atoms with Crippen LogP contribution in [0.2, 0.25) is 5.02 Å². The highest BCUT2D eigenvalue weighted by Crippen LogP contribution is 2.22. The number of hydrogen-bond donors (Lipinski definition) is 1. The summed E-state index contributed by atoms with van der Waals surface area (Å²) in [7, 11) is 1.34. The molecule has 1 N–H and O–H groups in total. The van der Waals surface area contributed by atoms with E-state index in [1.165, 1.54) is 18.1 Å². The molecule has 0 bridgehead atoms. The van der Waals surface area contributed by atoms with Crippen LogP contribution in [0.5, 0.6) is 0 Å². The Morgan fingerprint density at radius 2 is 2.24 bits per heavy atom. The molecule has 2 aromatic heterocycles. The zero-order valence-corrected chi connectivity index (χ0v) is 15.7. The van der Waals surface area contributed by atoms with Crippen LogP contribution < -0.4 is 5.32 Å². The topological polar surface area (TPSA) is 81.9 Å². The monoisotopic (exact) mass is 423 g/mol. The predicted octanol–water partition coefficient (Wildman–Crippen LogP) is 3.07. The standard InChI is InChI=1S/C16H15BrClN5O2/c1-25-14(24)8-23-16-12(7-22-23)15(20-9-21-16)19-5-4-10-6-11(18)2-3-13(10)17/h2-3,6-7,9H,4-5,8H2,1H3,(H,19,20,21).